The van der Waals surface area contributed by atoms with E-state index < -0.39 is 12.0 Å². The second kappa shape index (κ2) is 8.12. The Labute approximate surface area is 183 Å². The fraction of sp³-hybridized carbons (Fsp3) is 0.409. The number of phenols is 1. The van der Waals surface area contributed by atoms with Crippen molar-refractivity contribution in [1.82, 2.24) is 20.5 Å². The summed E-state index contributed by atoms with van der Waals surface area (Å²) in [5.41, 5.74) is 1.02. The van der Waals surface area contributed by atoms with Crippen LogP contribution in [0.2, 0.25) is 0 Å². The molecule has 0 unspecified atom stereocenters. The van der Waals surface area contributed by atoms with E-state index in [1.807, 2.05) is 13.0 Å². The summed E-state index contributed by atoms with van der Waals surface area (Å²) in [7, 11) is 0. The van der Waals surface area contributed by atoms with Gasteiger partial charge in [0.25, 0.3) is 0 Å². The van der Waals surface area contributed by atoms with Crippen LogP contribution in [0.1, 0.15) is 24.3 Å². The van der Waals surface area contributed by atoms with Crippen molar-refractivity contribution in [3.8, 4) is 27.4 Å². The Morgan fingerprint density at radius 2 is 2.00 bits per heavy atom. The normalized spacial score (nSPS) is 23.2. The van der Waals surface area contributed by atoms with Crippen molar-refractivity contribution < 1.29 is 13.9 Å². The minimum absolute atomic E-state index is 0.0541. The van der Waals surface area contributed by atoms with Gasteiger partial charge in [0.1, 0.15) is 17.7 Å². The predicted octanol–water partition coefficient (Wildman–Crippen LogP) is 4.09. The summed E-state index contributed by atoms with van der Waals surface area (Å²) in [5, 5.41) is 23.4. The molecule has 1 aromatic carbocycles. The molecule has 0 bridgehead atoms. The SMILES string of the molecule is Cc1ncc(-c2cc(O)c(-c3ccc(N4CC[C@H](N[C@H]5C[C@@H](F)C5)C4)nn3)cc2F)s1. The van der Waals surface area contributed by atoms with Crippen LogP contribution >= 0.6 is 11.3 Å². The lowest BCUT2D eigenvalue weighted by Gasteiger charge is -2.33. The van der Waals surface area contributed by atoms with Gasteiger partial charge < -0.3 is 15.3 Å². The van der Waals surface area contributed by atoms with Gasteiger partial charge in [-0.2, -0.15) is 0 Å². The highest BCUT2D eigenvalue weighted by molar-refractivity contribution is 7.15. The number of nitrogens with one attached hydrogen (secondary N) is 1. The van der Waals surface area contributed by atoms with Crippen LogP contribution in [0.25, 0.3) is 21.7 Å². The average molecular weight is 444 g/mol. The molecule has 3 aromatic rings. The number of aryl methyl sites for hydroxylation is 1. The molecule has 3 heterocycles. The molecule has 1 aliphatic heterocycles. The number of rotatable bonds is 5. The summed E-state index contributed by atoms with van der Waals surface area (Å²) in [6.45, 7) is 3.49. The van der Waals surface area contributed by atoms with Crippen LogP contribution in [0, 0.1) is 12.7 Å². The number of alkyl halides is 1. The molecule has 2 aliphatic rings. The van der Waals surface area contributed by atoms with E-state index in [4.69, 9.17) is 0 Å². The Hall–Kier alpha value is -2.65. The number of anilines is 1. The van der Waals surface area contributed by atoms with Crippen LogP contribution in [-0.2, 0) is 0 Å². The smallest absolute Gasteiger partial charge is 0.151 e. The van der Waals surface area contributed by atoms with Crippen molar-refractivity contribution in [2.75, 3.05) is 18.0 Å². The monoisotopic (exact) mass is 443 g/mol. The number of benzene rings is 1. The number of hydrogen-bond donors (Lipinski definition) is 2. The number of thiazole rings is 1. The Bertz CT molecular complexity index is 1080. The van der Waals surface area contributed by atoms with Crippen molar-refractivity contribution in [3.05, 3.63) is 41.3 Å². The van der Waals surface area contributed by atoms with E-state index >= 15 is 0 Å². The molecule has 2 N–H and O–H groups in total. The summed E-state index contributed by atoms with van der Waals surface area (Å²) in [6, 6.07) is 6.88. The number of hydrogen-bond acceptors (Lipinski definition) is 7. The number of halogens is 2. The highest BCUT2D eigenvalue weighted by Gasteiger charge is 2.33. The molecule has 1 atom stereocenters. The van der Waals surface area contributed by atoms with Gasteiger partial charge in [-0.05, 0) is 50.5 Å². The molecule has 1 saturated heterocycles. The maximum atomic E-state index is 14.7. The second-order valence-corrected chi connectivity index (χ2v) is 9.47. The fourth-order valence-corrected chi connectivity index (χ4v) is 5.00. The number of aromatic hydroxyl groups is 1. The van der Waals surface area contributed by atoms with E-state index in [2.05, 4.69) is 25.4 Å². The Morgan fingerprint density at radius 1 is 1.16 bits per heavy atom. The molecule has 31 heavy (non-hydrogen) atoms. The van der Waals surface area contributed by atoms with Crippen LogP contribution in [0.4, 0.5) is 14.6 Å². The first-order chi connectivity index (χ1) is 15.0. The van der Waals surface area contributed by atoms with Gasteiger partial charge in [-0.25, -0.2) is 13.8 Å². The van der Waals surface area contributed by atoms with Gasteiger partial charge in [-0.3, -0.25) is 0 Å². The van der Waals surface area contributed by atoms with Crippen molar-refractivity contribution in [3.63, 3.8) is 0 Å². The van der Waals surface area contributed by atoms with E-state index in [-0.39, 0.29) is 11.8 Å². The first kappa shape index (κ1) is 20.3. The lowest BCUT2D eigenvalue weighted by atomic mass is 9.90. The summed E-state index contributed by atoms with van der Waals surface area (Å²) < 4.78 is 27.7. The summed E-state index contributed by atoms with van der Waals surface area (Å²) in [5.74, 6) is 0.241. The van der Waals surface area contributed by atoms with Crippen molar-refractivity contribution in [2.24, 2.45) is 0 Å². The first-order valence-corrected chi connectivity index (χ1v) is 11.2. The molecule has 0 amide bonds. The molecule has 0 spiro atoms. The van der Waals surface area contributed by atoms with E-state index in [0.717, 1.165) is 30.3 Å². The molecule has 1 aliphatic carbocycles. The highest BCUT2D eigenvalue weighted by atomic mass is 32.1. The quantitative estimate of drug-likeness (QED) is 0.619. The molecule has 5 rings (SSSR count). The number of phenolic OH excluding ortho intramolecular Hbond substituents is 1. The summed E-state index contributed by atoms with van der Waals surface area (Å²) in [4.78, 5) is 6.95. The largest absolute Gasteiger partial charge is 0.507 e. The van der Waals surface area contributed by atoms with Gasteiger partial charge in [0, 0.05) is 42.5 Å². The Morgan fingerprint density at radius 3 is 2.68 bits per heavy atom. The van der Waals surface area contributed by atoms with Gasteiger partial charge in [-0.1, -0.05) is 0 Å². The van der Waals surface area contributed by atoms with Crippen molar-refractivity contribution in [1.29, 1.82) is 0 Å². The molecule has 6 nitrogen and oxygen atoms in total. The fourth-order valence-electron chi connectivity index (χ4n) is 4.20. The van der Waals surface area contributed by atoms with Crippen molar-refractivity contribution >= 4 is 17.2 Å². The topological polar surface area (TPSA) is 74.2 Å². The van der Waals surface area contributed by atoms with Crippen LogP contribution in [-0.4, -0.2) is 51.6 Å². The van der Waals surface area contributed by atoms with Crippen molar-refractivity contribution in [2.45, 2.75) is 44.4 Å². The summed E-state index contributed by atoms with van der Waals surface area (Å²) >= 11 is 1.37. The third kappa shape index (κ3) is 4.12. The van der Waals surface area contributed by atoms with Crippen LogP contribution in [0.3, 0.4) is 0 Å². The molecule has 1 saturated carbocycles. The maximum absolute atomic E-state index is 14.7. The molecular weight excluding hydrogens is 420 g/mol. The molecule has 2 aromatic heterocycles. The van der Waals surface area contributed by atoms with Gasteiger partial charge in [0.05, 0.1) is 15.6 Å². The van der Waals surface area contributed by atoms with Crippen LogP contribution in [0.15, 0.2) is 30.5 Å². The predicted molar refractivity (Wildman–Crippen MR) is 117 cm³/mol. The van der Waals surface area contributed by atoms with E-state index in [1.165, 1.54) is 23.5 Å². The zero-order chi connectivity index (χ0) is 21.5. The van der Waals surface area contributed by atoms with Gasteiger partial charge in [0.15, 0.2) is 5.82 Å². The second-order valence-electron chi connectivity index (χ2n) is 8.23. The highest BCUT2D eigenvalue weighted by Crippen LogP contribution is 2.37. The Kier molecular flexibility index (Phi) is 5.31. The van der Waals surface area contributed by atoms with E-state index in [1.54, 1.807) is 12.3 Å². The Balaban J connectivity index is 1.29. The van der Waals surface area contributed by atoms with E-state index in [0.29, 0.717) is 40.6 Å². The zero-order valence-electron chi connectivity index (χ0n) is 17.1. The third-order valence-corrected chi connectivity index (χ3v) is 6.91. The molecule has 2 fully saturated rings. The van der Waals surface area contributed by atoms with Crippen LogP contribution in [0.5, 0.6) is 5.75 Å². The van der Waals surface area contributed by atoms with Gasteiger partial charge in [-0.15, -0.1) is 21.5 Å². The van der Waals surface area contributed by atoms with Gasteiger partial charge >= 0.3 is 0 Å². The third-order valence-electron chi connectivity index (χ3n) is 5.96. The summed E-state index contributed by atoms with van der Waals surface area (Å²) in [6.07, 6.45) is 3.13. The molecule has 162 valence electrons. The lowest BCUT2D eigenvalue weighted by molar-refractivity contribution is 0.148. The van der Waals surface area contributed by atoms with Crippen LogP contribution < -0.4 is 10.2 Å². The maximum Gasteiger partial charge on any atom is 0.151 e. The van der Waals surface area contributed by atoms with Gasteiger partial charge in [0.2, 0.25) is 0 Å². The average Bonchev–Trinajstić information content (AvgIpc) is 3.38. The molecule has 9 heteroatoms. The molecular formula is C22H23F2N5OS. The lowest BCUT2D eigenvalue weighted by Crippen LogP contribution is -2.48. The standard InChI is InChI=1S/C22H23F2N5OS/c1-12-25-10-21(31-12)16-9-20(30)17(8-18(16)24)19-2-3-22(28-27-19)29-5-4-14(11-29)26-15-6-13(23)7-15/h2-3,8-10,13-15,26,30H,4-7,11H2,1H3/t13-,14-,15+/m0/s1. The van der Waals surface area contributed by atoms with E-state index in [9.17, 15) is 13.9 Å². The zero-order valence-corrected chi connectivity index (χ0v) is 17.9. The number of aromatic nitrogens is 3. The molecule has 0 radical (unpaired) electrons. The minimum atomic E-state index is -0.658. The number of nitrogens with zero attached hydrogens (tertiary/aromatic N) is 4. The first-order valence-electron chi connectivity index (χ1n) is 10.4. The minimum Gasteiger partial charge on any atom is -0.507 e.